The minimum absolute atomic E-state index is 0.264. The first-order chi connectivity index (χ1) is 12.1. The zero-order valence-electron chi connectivity index (χ0n) is 14.4. The highest BCUT2D eigenvalue weighted by Crippen LogP contribution is 2.23. The average molecular weight is 342 g/mol. The molecule has 2 aromatic rings. The van der Waals surface area contributed by atoms with Crippen molar-refractivity contribution < 1.29 is 14.2 Å². The molecule has 132 valence electrons. The second-order valence-electron chi connectivity index (χ2n) is 5.76. The summed E-state index contributed by atoms with van der Waals surface area (Å²) in [6.07, 6.45) is 11.2. The van der Waals surface area contributed by atoms with E-state index < -0.39 is 5.82 Å². The van der Waals surface area contributed by atoms with Gasteiger partial charge in [0, 0.05) is 24.0 Å². The first kappa shape index (κ1) is 18.8. The van der Waals surface area contributed by atoms with E-state index in [1.165, 1.54) is 6.07 Å². The third kappa shape index (κ3) is 6.12. The number of aliphatic hydroxyl groups is 1. The number of benzene rings is 1. The molecule has 25 heavy (non-hydrogen) atoms. The van der Waals surface area contributed by atoms with E-state index in [0.29, 0.717) is 23.7 Å². The van der Waals surface area contributed by atoms with Crippen LogP contribution >= 0.6 is 0 Å². The zero-order valence-corrected chi connectivity index (χ0v) is 14.4. The Hall–Kier alpha value is -2.53. The minimum atomic E-state index is -0.428. The Morgan fingerprint density at radius 2 is 2.08 bits per heavy atom. The summed E-state index contributed by atoms with van der Waals surface area (Å²) in [6, 6.07) is 4.61. The maximum Gasteiger partial charge on any atom is 0.162 e. The predicted molar refractivity (Wildman–Crippen MR) is 97.7 cm³/mol. The van der Waals surface area contributed by atoms with E-state index in [1.54, 1.807) is 37.5 Å². The van der Waals surface area contributed by atoms with Crippen LogP contribution in [0.15, 0.2) is 49.3 Å². The van der Waals surface area contributed by atoms with Gasteiger partial charge in [-0.2, -0.15) is 0 Å². The Morgan fingerprint density at radius 3 is 2.72 bits per heavy atom. The summed E-state index contributed by atoms with van der Waals surface area (Å²) in [5.74, 6) is 0.347. The molecule has 0 saturated carbocycles. The van der Waals surface area contributed by atoms with Crippen LogP contribution in [-0.4, -0.2) is 27.8 Å². The Kier molecular flexibility index (Phi) is 7.29. The van der Waals surface area contributed by atoms with Gasteiger partial charge in [0.25, 0.3) is 0 Å². The molecular weight excluding hydrogens is 319 g/mol. The number of halogens is 1. The number of hydrogen-bond acceptors (Lipinski definition) is 4. The highest BCUT2D eigenvalue weighted by Gasteiger charge is 2.09. The van der Waals surface area contributed by atoms with Crippen LogP contribution in [0.4, 0.5) is 4.39 Å². The lowest BCUT2D eigenvalue weighted by atomic mass is 10.1. The largest absolute Gasteiger partial charge is 0.489 e. The van der Waals surface area contributed by atoms with Crippen molar-refractivity contribution in [1.82, 2.24) is 9.97 Å². The lowest BCUT2D eigenvalue weighted by molar-refractivity contribution is 0.182. The average Bonchev–Trinajstić information content (AvgIpc) is 2.60. The second kappa shape index (κ2) is 9.69. The molecule has 0 spiro atoms. The number of rotatable bonds is 9. The molecule has 0 fully saturated rings. The Morgan fingerprint density at radius 1 is 1.32 bits per heavy atom. The van der Waals surface area contributed by atoms with Crippen LogP contribution < -0.4 is 4.74 Å². The van der Waals surface area contributed by atoms with Crippen molar-refractivity contribution in [2.75, 3.05) is 6.61 Å². The van der Waals surface area contributed by atoms with Gasteiger partial charge in [0.05, 0.1) is 11.7 Å². The number of unbranched alkanes of at least 4 members (excludes halogenated alkanes) is 1. The summed E-state index contributed by atoms with van der Waals surface area (Å²) in [5, 5.41) is 9.20. The lowest BCUT2D eigenvalue weighted by Gasteiger charge is -2.06. The van der Waals surface area contributed by atoms with Gasteiger partial charge < -0.3 is 9.84 Å². The maximum atomic E-state index is 14.2. The molecule has 1 heterocycles. The van der Waals surface area contributed by atoms with E-state index in [4.69, 9.17) is 4.74 Å². The van der Waals surface area contributed by atoms with Crippen LogP contribution in [0.25, 0.3) is 17.5 Å². The Bertz CT molecular complexity index is 712. The van der Waals surface area contributed by atoms with Crippen molar-refractivity contribution in [1.29, 1.82) is 0 Å². The van der Waals surface area contributed by atoms with Gasteiger partial charge in [-0.05, 0) is 38.3 Å². The molecule has 5 heteroatoms. The number of aliphatic hydroxyl groups excluding tert-OH is 1. The molecule has 0 aliphatic rings. The van der Waals surface area contributed by atoms with Gasteiger partial charge in [0.15, 0.2) is 5.82 Å². The second-order valence-corrected chi connectivity index (χ2v) is 5.76. The van der Waals surface area contributed by atoms with Gasteiger partial charge in [0.1, 0.15) is 18.2 Å². The Labute approximate surface area is 147 Å². The molecule has 1 aromatic heterocycles. The highest BCUT2D eigenvalue weighted by atomic mass is 19.1. The third-order valence-corrected chi connectivity index (χ3v) is 3.52. The molecule has 0 amide bonds. The molecule has 1 unspecified atom stereocenters. The summed E-state index contributed by atoms with van der Waals surface area (Å²) in [7, 11) is 0. The summed E-state index contributed by atoms with van der Waals surface area (Å²) in [4.78, 5) is 8.46. The van der Waals surface area contributed by atoms with E-state index in [-0.39, 0.29) is 6.10 Å². The maximum absolute atomic E-state index is 14.2. The quantitative estimate of drug-likeness (QED) is 0.542. The number of aromatic nitrogens is 2. The fourth-order valence-electron chi connectivity index (χ4n) is 2.24. The number of hydrogen-bond donors (Lipinski definition) is 1. The minimum Gasteiger partial charge on any atom is -0.489 e. The van der Waals surface area contributed by atoms with E-state index in [2.05, 4.69) is 16.5 Å². The topological polar surface area (TPSA) is 55.2 Å². The summed E-state index contributed by atoms with van der Waals surface area (Å²) in [6.45, 7) is 5.67. The summed E-state index contributed by atoms with van der Waals surface area (Å²) in [5.41, 5.74) is 1.19. The predicted octanol–water partition coefficient (Wildman–Crippen LogP) is 4.41. The van der Waals surface area contributed by atoms with Crippen LogP contribution in [0.2, 0.25) is 0 Å². The van der Waals surface area contributed by atoms with Gasteiger partial charge in [0.2, 0.25) is 0 Å². The van der Waals surface area contributed by atoms with E-state index >= 15 is 0 Å². The van der Waals surface area contributed by atoms with Crippen LogP contribution in [0.1, 0.15) is 31.7 Å². The Balaban J connectivity index is 1.99. The number of ether oxygens (including phenoxy) is 1. The van der Waals surface area contributed by atoms with E-state index in [0.717, 1.165) is 24.8 Å². The van der Waals surface area contributed by atoms with Crippen molar-refractivity contribution in [2.45, 2.75) is 32.3 Å². The molecule has 4 nitrogen and oxygen atoms in total. The van der Waals surface area contributed by atoms with Crippen molar-refractivity contribution >= 4 is 6.08 Å². The number of allylic oxidation sites excluding steroid dienone is 1. The van der Waals surface area contributed by atoms with Crippen molar-refractivity contribution in [3.8, 4) is 17.1 Å². The first-order valence-electron chi connectivity index (χ1n) is 8.30. The standard InChI is InChI=1S/C20H23FN2O2/c1-3-11-25-17-9-10-18(19(21)12-17)20-22-13-16(14-23-20)8-6-4-5-7-15(2)24/h3,6,8-10,12-15,24H,1,4-5,7,11H2,2H3. The van der Waals surface area contributed by atoms with Gasteiger partial charge in [-0.3, -0.25) is 0 Å². The molecule has 1 aromatic carbocycles. The molecule has 1 atom stereocenters. The zero-order chi connectivity index (χ0) is 18.1. The van der Waals surface area contributed by atoms with E-state index in [1.807, 2.05) is 12.2 Å². The smallest absolute Gasteiger partial charge is 0.162 e. The fraction of sp³-hybridized carbons (Fsp3) is 0.300. The van der Waals surface area contributed by atoms with Crippen molar-refractivity contribution in [3.63, 3.8) is 0 Å². The van der Waals surface area contributed by atoms with Gasteiger partial charge in [-0.1, -0.05) is 24.8 Å². The molecule has 0 bridgehead atoms. The van der Waals surface area contributed by atoms with Crippen LogP contribution in [0, 0.1) is 5.82 Å². The molecule has 1 N–H and O–H groups in total. The third-order valence-electron chi connectivity index (χ3n) is 3.52. The van der Waals surface area contributed by atoms with Crippen LogP contribution in [0.5, 0.6) is 5.75 Å². The van der Waals surface area contributed by atoms with E-state index in [9.17, 15) is 9.50 Å². The number of nitrogens with zero attached hydrogens (tertiary/aromatic N) is 2. The molecule has 2 rings (SSSR count). The normalized spacial score (nSPS) is 12.3. The SMILES string of the molecule is C=CCOc1ccc(-c2ncc(C=CCCCC(C)O)cn2)c(F)c1. The summed E-state index contributed by atoms with van der Waals surface area (Å²) >= 11 is 0. The fourth-order valence-corrected chi connectivity index (χ4v) is 2.24. The molecule has 0 radical (unpaired) electrons. The molecular formula is C20H23FN2O2. The van der Waals surface area contributed by atoms with Gasteiger partial charge in [-0.25, -0.2) is 14.4 Å². The van der Waals surface area contributed by atoms with Gasteiger partial charge >= 0.3 is 0 Å². The highest BCUT2D eigenvalue weighted by molar-refractivity contribution is 5.58. The first-order valence-corrected chi connectivity index (χ1v) is 8.30. The van der Waals surface area contributed by atoms with Crippen LogP contribution in [0.3, 0.4) is 0 Å². The molecule has 0 aliphatic heterocycles. The van der Waals surface area contributed by atoms with Crippen molar-refractivity contribution in [3.05, 3.63) is 60.7 Å². The monoisotopic (exact) mass is 342 g/mol. The van der Waals surface area contributed by atoms with Gasteiger partial charge in [-0.15, -0.1) is 0 Å². The van der Waals surface area contributed by atoms with Crippen LogP contribution in [-0.2, 0) is 0 Å². The molecule has 0 aliphatic carbocycles. The lowest BCUT2D eigenvalue weighted by Crippen LogP contribution is -1.97. The van der Waals surface area contributed by atoms with Crippen molar-refractivity contribution in [2.24, 2.45) is 0 Å². The summed E-state index contributed by atoms with van der Waals surface area (Å²) < 4.78 is 19.5. The molecule has 0 saturated heterocycles.